The molecule has 2 aromatic carbocycles. The largest absolute Gasteiger partial charge is 0.322 e. The van der Waals surface area contributed by atoms with Gasteiger partial charge in [-0.1, -0.05) is 0 Å². The number of nitrogens with one attached hydrogen (secondary N) is 1. The summed E-state index contributed by atoms with van der Waals surface area (Å²) in [5.41, 5.74) is 2.17. The van der Waals surface area contributed by atoms with Crippen LogP contribution < -0.4 is 9.62 Å². The molecule has 1 saturated heterocycles. The predicted molar refractivity (Wildman–Crippen MR) is 101 cm³/mol. The number of rotatable bonds is 4. The smallest absolute Gasteiger partial charge is 0.255 e. The van der Waals surface area contributed by atoms with E-state index in [1.807, 2.05) is 0 Å². The second-order valence-electron chi connectivity index (χ2n) is 6.23. The van der Waals surface area contributed by atoms with Gasteiger partial charge in [0.25, 0.3) is 5.91 Å². The highest BCUT2D eigenvalue weighted by Gasteiger charge is 2.25. The Morgan fingerprint density at radius 1 is 0.923 bits per heavy atom. The molecule has 0 aromatic heterocycles. The SMILES string of the molecule is CC(=O)c1ccc(NC(=O)c2ccc(N3CCCCS3(=O)=O)cc2)cc1. The number of sulfonamides is 1. The van der Waals surface area contributed by atoms with E-state index in [2.05, 4.69) is 5.32 Å². The lowest BCUT2D eigenvalue weighted by Crippen LogP contribution is -2.37. The van der Waals surface area contributed by atoms with Gasteiger partial charge in [-0.3, -0.25) is 13.9 Å². The zero-order valence-corrected chi connectivity index (χ0v) is 15.3. The Balaban J connectivity index is 1.71. The lowest BCUT2D eigenvalue weighted by atomic mass is 10.1. The Bertz CT molecular complexity index is 919. The third-order valence-electron chi connectivity index (χ3n) is 4.32. The first-order chi connectivity index (χ1) is 12.4. The number of amides is 1. The molecular weight excluding hydrogens is 352 g/mol. The van der Waals surface area contributed by atoms with E-state index in [-0.39, 0.29) is 17.4 Å². The summed E-state index contributed by atoms with van der Waals surface area (Å²) < 4.78 is 25.7. The van der Waals surface area contributed by atoms with Crippen molar-refractivity contribution in [2.24, 2.45) is 0 Å². The van der Waals surface area contributed by atoms with Gasteiger partial charge in [-0.05, 0) is 68.3 Å². The van der Waals surface area contributed by atoms with Gasteiger partial charge in [-0.25, -0.2) is 8.42 Å². The molecule has 26 heavy (non-hydrogen) atoms. The normalized spacial score (nSPS) is 16.1. The summed E-state index contributed by atoms with van der Waals surface area (Å²) in [6.07, 6.45) is 1.51. The molecule has 0 radical (unpaired) electrons. The van der Waals surface area contributed by atoms with E-state index in [0.29, 0.717) is 35.5 Å². The third kappa shape index (κ3) is 3.94. The number of carbonyl (C=O) groups is 2. The number of hydrogen-bond donors (Lipinski definition) is 1. The van der Waals surface area contributed by atoms with Crippen molar-refractivity contribution in [3.8, 4) is 0 Å². The summed E-state index contributed by atoms with van der Waals surface area (Å²) in [5, 5.41) is 2.76. The number of carbonyl (C=O) groups excluding carboxylic acids is 2. The van der Waals surface area contributed by atoms with Crippen molar-refractivity contribution in [1.82, 2.24) is 0 Å². The van der Waals surface area contributed by atoms with E-state index in [1.165, 1.54) is 11.2 Å². The van der Waals surface area contributed by atoms with Crippen molar-refractivity contribution >= 4 is 33.1 Å². The van der Waals surface area contributed by atoms with Crippen molar-refractivity contribution < 1.29 is 18.0 Å². The number of nitrogens with zero attached hydrogens (tertiary/aromatic N) is 1. The molecule has 1 aliphatic heterocycles. The predicted octanol–water partition coefficient (Wildman–Crippen LogP) is 3.07. The van der Waals surface area contributed by atoms with Gasteiger partial charge in [0.05, 0.1) is 11.4 Å². The van der Waals surface area contributed by atoms with Crippen LogP contribution in [0.1, 0.15) is 40.5 Å². The van der Waals surface area contributed by atoms with Gasteiger partial charge >= 0.3 is 0 Å². The van der Waals surface area contributed by atoms with Gasteiger partial charge in [-0.2, -0.15) is 0 Å². The van der Waals surface area contributed by atoms with Crippen molar-refractivity contribution in [2.45, 2.75) is 19.8 Å². The van der Waals surface area contributed by atoms with Crippen LogP contribution in [0.4, 0.5) is 11.4 Å². The van der Waals surface area contributed by atoms with Crippen molar-refractivity contribution in [3.05, 3.63) is 59.7 Å². The molecule has 6 nitrogen and oxygen atoms in total. The average molecular weight is 372 g/mol. The van der Waals surface area contributed by atoms with Crippen LogP contribution in [0.15, 0.2) is 48.5 Å². The van der Waals surface area contributed by atoms with E-state index in [0.717, 1.165) is 6.42 Å². The molecule has 1 amide bonds. The molecule has 3 rings (SSSR count). The molecule has 1 heterocycles. The third-order valence-corrected chi connectivity index (χ3v) is 6.19. The van der Waals surface area contributed by atoms with Gasteiger partial charge < -0.3 is 5.32 Å². The van der Waals surface area contributed by atoms with Gasteiger partial charge in [0, 0.05) is 23.4 Å². The Morgan fingerprint density at radius 3 is 2.12 bits per heavy atom. The second-order valence-corrected chi connectivity index (χ2v) is 8.24. The minimum Gasteiger partial charge on any atom is -0.322 e. The molecule has 7 heteroatoms. The van der Waals surface area contributed by atoms with Crippen LogP contribution in [0.25, 0.3) is 0 Å². The van der Waals surface area contributed by atoms with E-state index < -0.39 is 10.0 Å². The molecule has 1 N–H and O–H groups in total. The molecule has 0 aliphatic carbocycles. The summed E-state index contributed by atoms with van der Waals surface area (Å²) in [4.78, 5) is 23.6. The zero-order valence-electron chi connectivity index (χ0n) is 14.4. The zero-order chi connectivity index (χ0) is 18.7. The maximum absolute atomic E-state index is 12.3. The average Bonchev–Trinajstić information content (AvgIpc) is 2.62. The fourth-order valence-corrected chi connectivity index (χ4v) is 4.49. The molecule has 2 aromatic rings. The molecule has 0 atom stereocenters. The minimum atomic E-state index is -3.26. The highest BCUT2D eigenvalue weighted by Crippen LogP contribution is 2.24. The molecule has 1 fully saturated rings. The molecule has 0 bridgehead atoms. The van der Waals surface area contributed by atoms with E-state index >= 15 is 0 Å². The molecule has 0 unspecified atom stereocenters. The molecule has 0 saturated carbocycles. The highest BCUT2D eigenvalue weighted by molar-refractivity contribution is 7.92. The first kappa shape index (κ1) is 18.1. The Kier molecular flexibility index (Phi) is 5.08. The maximum atomic E-state index is 12.3. The number of anilines is 2. The maximum Gasteiger partial charge on any atom is 0.255 e. The number of hydrogen-bond acceptors (Lipinski definition) is 4. The Hall–Kier alpha value is -2.67. The summed E-state index contributed by atoms with van der Waals surface area (Å²) >= 11 is 0. The van der Waals surface area contributed by atoms with Crippen LogP contribution in [-0.2, 0) is 10.0 Å². The fraction of sp³-hybridized carbons (Fsp3) is 0.263. The van der Waals surface area contributed by atoms with Gasteiger partial charge in [0.1, 0.15) is 0 Å². The van der Waals surface area contributed by atoms with Crippen LogP contribution in [0.2, 0.25) is 0 Å². The van der Waals surface area contributed by atoms with Crippen molar-refractivity contribution in [3.63, 3.8) is 0 Å². The molecule has 136 valence electrons. The number of ketones is 1. The lowest BCUT2D eigenvalue weighted by molar-refractivity contribution is 0.101. The fourth-order valence-electron chi connectivity index (χ4n) is 2.85. The van der Waals surface area contributed by atoms with E-state index in [1.54, 1.807) is 48.5 Å². The summed E-state index contributed by atoms with van der Waals surface area (Å²) in [7, 11) is -3.26. The summed E-state index contributed by atoms with van der Waals surface area (Å²) in [6.45, 7) is 1.95. The Labute approximate surface area is 152 Å². The highest BCUT2D eigenvalue weighted by atomic mass is 32.2. The standard InChI is InChI=1S/C19H20N2O4S/c1-14(22)15-4-8-17(9-5-15)20-19(23)16-6-10-18(11-7-16)21-12-2-3-13-26(21,24)25/h4-11H,2-3,12-13H2,1H3,(H,20,23). The van der Waals surface area contributed by atoms with Crippen LogP contribution >= 0.6 is 0 Å². The number of benzene rings is 2. The first-order valence-electron chi connectivity index (χ1n) is 8.40. The van der Waals surface area contributed by atoms with Crippen molar-refractivity contribution in [1.29, 1.82) is 0 Å². The minimum absolute atomic E-state index is 0.0360. The quantitative estimate of drug-likeness (QED) is 0.836. The van der Waals surface area contributed by atoms with Crippen LogP contribution in [-0.4, -0.2) is 32.4 Å². The van der Waals surface area contributed by atoms with Crippen LogP contribution in [0.5, 0.6) is 0 Å². The van der Waals surface area contributed by atoms with Gasteiger partial charge in [0.2, 0.25) is 10.0 Å². The van der Waals surface area contributed by atoms with E-state index in [4.69, 9.17) is 0 Å². The van der Waals surface area contributed by atoms with Gasteiger partial charge in [0.15, 0.2) is 5.78 Å². The van der Waals surface area contributed by atoms with Crippen LogP contribution in [0.3, 0.4) is 0 Å². The summed E-state index contributed by atoms with van der Waals surface area (Å²) in [5.74, 6) is -0.175. The van der Waals surface area contributed by atoms with Crippen molar-refractivity contribution in [2.75, 3.05) is 21.9 Å². The first-order valence-corrected chi connectivity index (χ1v) is 10.0. The van der Waals surface area contributed by atoms with Gasteiger partial charge in [-0.15, -0.1) is 0 Å². The monoisotopic (exact) mass is 372 g/mol. The second kappa shape index (κ2) is 7.29. The Morgan fingerprint density at radius 2 is 1.54 bits per heavy atom. The summed E-state index contributed by atoms with van der Waals surface area (Å²) in [6, 6.07) is 13.2. The van der Waals surface area contributed by atoms with E-state index in [9.17, 15) is 18.0 Å². The number of Topliss-reactive ketones (excluding diaryl/α,β-unsaturated/α-hetero) is 1. The topological polar surface area (TPSA) is 83.6 Å². The molecule has 0 spiro atoms. The molecule has 1 aliphatic rings. The lowest BCUT2D eigenvalue weighted by Gasteiger charge is -2.28. The molecular formula is C19H20N2O4S. The van der Waals surface area contributed by atoms with Crippen LogP contribution in [0, 0.1) is 0 Å².